The van der Waals surface area contributed by atoms with E-state index in [9.17, 15) is 4.79 Å². The highest BCUT2D eigenvalue weighted by Crippen LogP contribution is 2.00. The molecule has 0 saturated heterocycles. The third-order valence-electron chi connectivity index (χ3n) is 2.24. The van der Waals surface area contributed by atoms with Crippen LogP contribution in [0.15, 0.2) is 12.4 Å². The maximum atomic E-state index is 11.0. The highest BCUT2D eigenvalue weighted by Gasteiger charge is 2.17. The maximum Gasteiger partial charge on any atom is 0.320 e. The van der Waals surface area contributed by atoms with Crippen molar-refractivity contribution in [2.75, 3.05) is 0 Å². The molecule has 90 valence electrons. The highest BCUT2D eigenvalue weighted by molar-refractivity contribution is 5.73. The fraction of sp³-hybridized carbons (Fsp3) is 0.636. The lowest BCUT2D eigenvalue weighted by Gasteiger charge is -2.16. The number of carbonyl (C=O) groups is 1. The fourth-order valence-electron chi connectivity index (χ4n) is 1.53. The van der Waals surface area contributed by atoms with E-state index >= 15 is 0 Å². The molecule has 0 saturated carbocycles. The average Bonchev–Trinajstić information content (AvgIpc) is 2.58. The molecule has 0 aromatic carbocycles. The second-order valence-corrected chi connectivity index (χ2v) is 4.28. The summed E-state index contributed by atoms with van der Waals surface area (Å²) in [5, 5.41) is 16.2. The van der Waals surface area contributed by atoms with Gasteiger partial charge >= 0.3 is 5.97 Å². The van der Waals surface area contributed by atoms with Crippen molar-refractivity contribution in [2.24, 2.45) is 0 Å². The molecule has 1 unspecified atom stereocenters. The molecule has 5 heteroatoms. The molecule has 0 bridgehead atoms. The molecule has 1 atom stereocenters. The van der Waals surface area contributed by atoms with E-state index in [1.807, 2.05) is 27.0 Å². The number of rotatable bonds is 6. The molecule has 0 aliphatic carbocycles. The molecule has 0 aliphatic heterocycles. The van der Waals surface area contributed by atoms with Gasteiger partial charge in [-0.05, 0) is 18.9 Å². The van der Waals surface area contributed by atoms with Crippen LogP contribution in [-0.4, -0.2) is 32.9 Å². The van der Waals surface area contributed by atoms with Crippen molar-refractivity contribution in [2.45, 2.75) is 45.8 Å². The number of carboxylic acids is 1. The van der Waals surface area contributed by atoms with Gasteiger partial charge in [0.25, 0.3) is 0 Å². The molecule has 0 radical (unpaired) electrons. The van der Waals surface area contributed by atoms with Crippen LogP contribution < -0.4 is 5.32 Å². The fourth-order valence-corrected chi connectivity index (χ4v) is 1.53. The lowest BCUT2D eigenvalue weighted by Crippen LogP contribution is -2.41. The van der Waals surface area contributed by atoms with E-state index in [0.29, 0.717) is 13.0 Å². The smallest absolute Gasteiger partial charge is 0.320 e. The largest absolute Gasteiger partial charge is 0.480 e. The van der Waals surface area contributed by atoms with Crippen LogP contribution in [0.25, 0.3) is 0 Å². The summed E-state index contributed by atoms with van der Waals surface area (Å²) in [6.45, 7) is 6.46. The normalized spacial score (nSPS) is 13.0. The number of hydrogen-bond donors (Lipinski definition) is 2. The SMILES string of the molecule is Cc1cnn(CCC(NC(C)C)C(=O)O)c1. The minimum Gasteiger partial charge on any atom is -0.480 e. The van der Waals surface area contributed by atoms with E-state index in [-0.39, 0.29) is 6.04 Å². The monoisotopic (exact) mass is 225 g/mol. The van der Waals surface area contributed by atoms with Crippen molar-refractivity contribution in [1.82, 2.24) is 15.1 Å². The molecule has 1 rings (SSSR count). The number of aliphatic carboxylic acids is 1. The Balaban J connectivity index is 2.46. The minimum atomic E-state index is -0.808. The zero-order chi connectivity index (χ0) is 12.1. The molecule has 0 aliphatic rings. The Morgan fingerprint density at radius 3 is 2.75 bits per heavy atom. The second-order valence-electron chi connectivity index (χ2n) is 4.28. The van der Waals surface area contributed by atoms with Gasteiger partial charge in [0.2, 0.25) is 0 Å². The number of nitrogens with one attached hydrogen (secondary N) is 1. The Labute approximate surface area is 95.5 Å². The van der Waals surface area contributed by atoms with Crippen LogP contribution in [0.4, 0.5) is 0 Å². The van der Waals surface area contributed by atoms with E-state index in [1.54, 1.807) is 10.9 Å². The van der Waals surface area contributed by atoms with Crippen LogP contribution >= 0.6 is 0 Å². The van der Waals surface area contributed by atoms with E-state index in [2.05, 4.69) is 10.4 Å². The van der Waals surface area contributed by atoms with Crippen molar-refractivity contribution < 1.29 is 9.90 Å². The third-order valence-corrected chi connectivity index (χ3v) is 2.24. The maximum absolute atomic E-state index is 11.0. The predicted molar refractivity (Wildman–Crippen MR) is 61.3 cm³/mol. The van der Waals surface area contributed by atoms with Gasteiger partial charge in [0.1, 0.15) is 6.04 Å². The van der Waals surface area contributed by atoms with Crippen LogP contribution in [0.2, 0.25) is 0 Å². The van der Waals surface area contributed by atoms with E-state index in [4.69, 9.17) is 5.11 Å². The number of aromatic nitrogens is 2. The second kappa shape index (κ2) is 5.65. The van der Waals surface area contributed by atoms with E-state index in [0.717, 1.165) is 5.56 Å². The molecule has 5 nitrogen and oxygen atoms in total. The number of carboxylic acid groups (broad SMARTS) is 1. The first kappa shape index (κ1) is 12.7. The van der Waals surface area contributed by atoms with Gasteiger partial charge in [0, 0.05) is 18.8 Å². The first-order valence-corrected chi connectivity index (χ1v) is 5.47. The standard InChI is InChI=1S/C11H19N3O2/c1-8(2)13-10(11(15)16)4-5-14-7-9(3)6-12-14/h6-8,10,13H,4-5H2,1-3H3,(H,15,16). The molecular weight excluding hydrogens is 206 g/mol. The molecule has 1 aromatic heterocycles. The highest BCUT2D eigenvalue weighted by atomic mass is 16.4. The zero-order valence-corrected chi connectivity index (χ0v) is 9.97. The van der Waals surface area contributed by atoms with Gasteiger partial charge in [-0.3, -0.25) is 9.48 Å². The summed E-state index contributed by atoms with van der Waals surface area (Å²) in [7, 11) is 0. The van der Waals surface area contributed by atoms with Crippen molar-refractivity contribution in [3.05, 3.63) is 18.0 Å². The topological polar surface area (TPSA) is 67.2 Å². The number of aryl methyl sites for hydroxylation is 2. The summed E-state index contributed by atoms with van der Waals surface area (Å²) in [4.78, 5) is 11.0. The van der Waals surface area contributed by atoms with Crippen LogP contribution in [0.5, 0.6) is 0 Å². The summed E-state index contributed by atoms with van der Waals surface area (Å²) >= 11 is 0. The Morgan fingerprint density at radius 2 is 2.31 bits per heavy atom. The van der Waals surface area contributed by atoms with Crippen molar-refractivity contribution >= 4 is 5.97 Å². The van der Waals surface area contributed by atoms with Gasteiger partial charge in [0.05, 0.1) is 6.20 Å². The lowest BCUT2D eigenvalue weighted by atomic mass is 10.2. The summed E-state index contributed by atoms with van der Waals surface area (Å²) in [6.07, 6.45) is 4.22. The number of nitrogens with zero attached hydrogens (tertiary/aromatic N) is 2. The molecular formula is C11H19N3O2. The van der Waals surface area contributed by atoms with Crippen molar-refractivity contribution in [3.8, 4) is 0 Å². The molecule has 16 heavy (non-hydrogen) atoms. The van der Waals surface area contributed by atoms with Gasteiger partial charge in [-0.1, -0.05) is 13.8 Å². The molecule has 0 spiro atoms. The Morgan fingerprint density at radius 1 is 1.62 bits per heavy atom. The van der Waals surface area contributed by atoms with Crippen LogP contribution in [-0.2, 0) is 11.3 Å². The van der Waals surface area contributed by atoms with Gasteiger partial charge in [-0.25, -0.2) is 0 Å². The molecule has 1 aromatic rings. The van der Waals surface area contributed by atoms with Gasteiger partial charge in [-0.2, -0.15) is 5.10 Å². The zero-order valence-electron chi connectivity index (χ0n) is 9.97. The van der Waals surface area contributed by atoms with Crippen molar-refractivity contribution in [1.29, 1.82) is 0 Å². The van der Waals surface area contributed by atoms with Gasteiger partial charge < -0.3 is 10.4 Å². The Bertz CT molecular complexity index is 347. The minimum absolute atomic E-state index is 0.167. The summed E-state index contributed by atoms with van der Waals surface area (Å²) in [5.41, 5.74) is 1.09. The van der Waals surface area contributed by atoms with Gasteiger partial charge in [0.15, 0.2) is 0 Å². The number of hydrogen-bond acceptors (Lipinski definition) is 3. The summed E-state index contributed by atoms with van der Waals surface area (Å²) < 4.78 is 1.77. The van der Waals surface area contributed by atoms with E-state index in [1.165, 1.54) is 0 Å². The molecule has 0 fully saturated rings. The predicted octanol–water partition coefficient (Wildman–Crippen LogP) is 1.03. The molecule has 2 N–H and O–H groups in total. The lowest BCUT2D eigenvalue weighted by molar-refractivity contribution is -0.139. The van der Waals surface area contributed by atoms with E-state index < -0.39 is 12.0 Å². The average molecular weight is 225 g/mol. The van der Waals surface area contributed by atoms with Crippen molar-refractivity contribution in [3.63, 3.8) is 0 Å². The molecule has 0 amide bonds. The third kappa shape index (κ3) is 4.02. The first-order chi connectivity index (χ1) is 7.49. The Kier molecular flexibility index (Phi) is 4.49. The summed E-state index contributed by atoms with van der Waals surface area (Å²) in [5.74, 6) is -0.808. The summed E-state index contributed by atoms with van der Waals surface area (Å²) in [6, 6.07) is -0.343. The molecule has 1 heterocycles. The quantitative estimate of drug-likeness (QED) is 0.759. The van der Waals surface area contributed by atoms with Crippen LogP contribution in [0.1, 0.15) is 25.8 Å². The van der Waals surface area contributed by atoms with Crippen LogP contribution in [0, 0.1) is 6.92 Å². The Hall–Kier alpha value is -1.36. The van der Waals surface area contributed by atoms with Gasteiger partial charge in [-0.15, -0.1) is 0 Å². The first-order valence-electron chi connectivity index (χ1n) is 5.47. The van der Waals surface area contributed by atoms with Crippen LogP contribution in [0.3, 0.4) is 0 Å².